The van der Waals surface area contributed by atoms with Crippen LogP contribution in [0.2, 0.25) is 0 Å². The normalized spacial score (nSPS) is 19.4. The zero-order chi connectivity index (χ0) is 20.3. The molecule has 3 rings (SSSR count). The fourth-order valence-electron chi connectivity index (χ4n) is 4.13. The minimum atomic E-state index is -0.862. The van der Waals surface area contributed by atoms with Gasteiger partial charge < -0.3 is 10.6 Å². The second-order valence-corrected chi connectivity index (χ2v) is 7.72. The summed E-state index contributed by atoms with van der Waals surface area (Å²) in [5.41, 5.74) is 0.980. The Morgan fingerprint density at radius 3 is 2.57 bits per heavy atom. The van der Waals surface area contributed by atoms with E-state index in [0.29, 0.717) is 18.5 Å². The molecule has 28 heavy (non-hydrogen) atoms. The molecule has 7 nitrogen and oxygen atoms in total. The van der Waals surface area contributed by atoms with Crippen molar-refractivity contribution in [3.8, 4) is 0 Å². The molecule has 1 aromatic rings. The van der Waals surface area contributed by atoms with Gasteiger partial charge in [0.2, 0.25) is 5.91 Å². The first kappa shape index (κ1) is 20.3. The Hall–Kier alpha value is -2.41. The summed E-state index contributed by atoms with van der Waals surface area (Å²) in [4.78, 5) is 41.3. The highest BCUT2D eigenvalue weighted by atomic mass is 16.2. The third-order valence-electron chi connectivity index (χ3n) is 5.91. The first-order valence-corrected chi connectivity index (χ1v) is 10.2. The minimum Gasteiger partial charge on any atom is -0.324 e. The van der Waals surface area contributed by atoms with Crippen molar-refractivity contribution in [3.63, 3.8) is 0 Å². The maximum Gasteiger partial charge on any atom is 0.325 e. The summed E-state index contributed by atoms with van der Waals surface area (Å²) in [6.45, 7) is 8.55. The van der Waals surface area contributed by atoms with Gasteiger partial charge in [-0.3, -0.25) is 14.5 Å². The lowest BCUT2D eigenvalue weighted by Gasteiger charge is -2.23. The van der Waals surface area contributed by atoms with Gasteiger partial charge in [-0.05, 0) is 50.6 Å². The van der Waals surface area contributed by atoms with Gasteiger partial charge in [-0.25, -0.2) is 9.69 Å². The molecule has 4 amide bonds. The van der Waals surface area contributed by atoms with E-state index < -0.39 is 17.6 Å². The van der Waals surface area contributed by atoms with E-state index in [2.05, 4.69) is 29.4 Å². The van der Waals surface area contributed by atoms with Crippen LogP contribution >= 0.6 is 0 Å². The molecular weight excluding hydrogens is 356 g/mol. The van der Waals surface area contributed by atoms with Crippen LogP contribution in [0.5, 0.6) is 0 Å². The van der Waals surface area contributed by atoms with Gasteiger partial charge >= 0.3 is 6.03 Å². The van der Waals surface area contributed by atoms with Gasteiger partial charge in [0.25, 0.3) is 5.91 Å². The molecule has 1 aliphatic carbocycles. The summed E-state index contributed by atoms with van der Waals surface area (Å²) < 4.78 is 0. The molecule has 7 heteroatoms. The maximum atomic E-state index is 12.8. The average molecular weight is 386 g/mol. The van der Waals surface area contributed by atoms with Crippen LogP contribution in [0.15, 0.2) is 24.3 Å². The maximum absolute atomic E-state index is 12.8. The molecule has 1 saturated heterocycles. The van der Waals surface area contributed by atoms with Crippen LogP contribution in [0.25, 0.3) is 0 Å². The second-order valence-electron chi connectivity index (χ2n) is 7.72. The molecule has 1 saturated carbocycles. The number of carbonyl (C=O) groups is 3. The molecule has 2 N–H and O–H groups in total. The molecule has 1 unspecified atom stereocenters. The topological polar surface area (TPSA) is 81.8 Å². The number of nitrogens with zero attached hydrogens (tertiary/aromatic N) is 2. The fourth-order valence-corrected chi connectivity index (χ4v) is 4.13. The summed E-state index contributed by atoms with van der Waals surface area (Å²) in [6.07, 6.45) is 3.13. The van der Waals surface area contributed by atoms with E-state index in [1.165, 1.54) is 0 Å². The van der Waals surface area contributed by atoms with Crippen molar-refractivity contribution in [1.82, 2.24) is 15.1 Å². The Morgan fingerprint density at radius 2 is 1.93 bits per heavy atom. The Balaban J connectivity index is 1.68. The predicted molar refractivity (Wildman–Crippen MR) is 108 cm³/mol. The lowest BCUT2D eigenvalue weighted by Crippen LogP contribution is -2.48. The van der Waals surface area contributed by atoms with Crippen molar-refractivity contribution in [2.24, 2.45) is 0 Å². The highest BCUT2D eigenvalue weighted by Gasteiger charge is 2.54. The van der Waals surface area contributed by atoms with Crippen LogP contribution in [0.4, 0.5) is 10.5 Å². The van der Waals surface area contributed by atoms with Crippen LogP contribution in [-0.4, -0.2) is 52.3 Å². The Morgan fingerprint density at radius 1 is 1.25 bits per heavy atom. The Labute approximate surface area is 166 Å². The SMILES string of the molecule is CCN(CC)Cc1cccc(NC(=O)C(C)N2C(=O)NC3(CCCC3)C2=O)c1. The van der Waals surface area contributed by atoms with E-state index in [1.54, 1.807) is 6.92 Å². The molecule has 1 heterocycles. The Bertz CT molecular complexity index is 754. The van der Waals surface area contributed by atoms with E-state index in [-0.39, 0.29) is 11.8 Å². The predicted octanol–water partition coefficient (Wildman–Crippen LogP) is 2.72. The average Bonchev–Trinajstić information content (AvgIpc) is 3.24. The summed E-state index contributed by atoms with van der Waals surface area (Å²) in [7, 11) is 0. The van der Waals surface area contributed by atoms with Gasteiger partial charge in [-0.1, -0.05) is 38.8 Å². The van der Waals surface area contributed by atoms with Crippen molar-refractivity contribution < 1.29 is 14.4 Å². The quantitative estimate of drug-likeness (QED) is 0.706. The van der Waals surface area contributed by atoms with Gasteiger partial charge in [-0.15, -0.1) is 0 Å². The zero-order valence-corrected chi connectivity index (χ0v) is 17.0. The van der Waals surface area contributed by atoms with E-state index in [1.807, 2.05) is 24.3 Å². The number of rotatable bonds is 7. The molecule has 1 atom stereocenters. The number of anilines is 1. The third-order valence-corrected chi connectivity index (χ3v) is 5.91. The van der Waals surface area contributed by atoms with Crippen molar-refractivity contribution in [1.29, 1.82) is 0 Å². The van der Waals surface area contributed by atoms with Crippen LogP contribution < -0.4 is 10.6 Å². The van der Waals surface area contributed by atoms with E-state index >= 15 is 0 Å². The molecule has 1 aliphatic heterocycles. The summed E-state index contributed by atoms with van der Waals surface area (Å²) in [5.74, 6) is -0.633. The lowest BCUT2D eigenvalue weighted by molar-refractivity contribution is -0.136. The number of amides is 4. The zero-order valence-electron chi connectivity index (χ0n) is 17.0. The van der Waals surface area contributed by atoms with Crippen LogP contribution in [0.1, 0.15) is 52.0 Å². The molecule has 2 fully saturated rings. The van der Waals surface area contributed by atoms with E-state index in [0.717, 1.165) is 42.9 Å². The molecule has 2 aliphatic rings. The van der Waals surface area contributed by atoms with Crippen LogP contribution in [0.3, 0.4) is 0 Å². The summed E-state index contributed by atoms with van der Waals surface area (Å²) in [5, 5.41) is 5.68. The van der Waals surface area contributed by atoms with Gasteiger partial charge in [0.15, 0.2) is 0 Å². The van der Waals surface area contributed by atoms with E-state index in [4.69, 9.17) is 0 Å². The molecule has 0 bridgehead atoms. The molecule has 152 valence electrons. The molecule has 0 radical (unpaired) electrons. The highest BCUT2D eigenvalue weighted by molar-refractivity contribution is 6.11. The second kappa shape index (κ2) is 8.31. The van der Waals surface area contributed by atoms with Gasteiger partial charge in [0.05, 0.1) is 0 Å². The first-order chi connectivity index (χ1) is 13.4. The van der Waals surface area contributed by atoms with Crippen molar-refractivity contribution in [2.75, 3.05) is 18.4 Å². The highest BCUT2D eigenvalue weighted by Crippen LogP contribution is 2.35. The number of nitrogens with one attached hydrogen (secondary N) is 2. The van der Waals surface area contributed by atoms with Crippen LogP contribution in [-0.2, 0) is 16.1 Å². The van der Waals surface area contributed by atoms with Gasteiger partial charge in [0.1, 0.15) is 11.6 Å². The molecule has 0 aromatic heterocycles. The summed E-state index contributed by atoms with van der Waals surface area (Å²) in [6, 6.07) is 6.36. The standard InChI is InChI=1S/C21H30N4O3/c1-4-24(5-2)14-16-9-8-10-17(13-16)22-18(26)15(3)25-19(27)21(23-20(25)28)11-6-7-12-21/h8-10,13,15H,4-7,11-12,14H2,1-3H3,(H,22,26)(H,23,28). The van der Waals surface area contributed by atoms with E-state index in [9.17, 15) is 14.4 Å². The number of imide groups is 1. The minimum absolute atomic E-state index is 0.270. The fraction of sp³-hybridized carbons (Fsp3) is 0.571. The smallest absolute Gasteiger partial charge is 0.324 e. The van der Waals surface area contributed by atoms with Crippen molar-refractivity contribution in [3.05, 3.63) is 29.8 Å². The number of carbonyl (C=O) groups excluding carboxylic acids is 3. The molecular formula is C21H30N4O3. The number of benzene rings is 1. The number of hydrogen-bond acceptors (Lipinski definition) is 4. The molecule has 1 spiro atoms. The number of urea groups is 1. The summed E-state index contributed by atoms with van der Waals surface area (Å²) >= 11 is 0. The number of hydrogen-bond donors (Lipinski definition) is 2. The van der Waals surface area contributed by atoms with Crippen molar-refractivity contribution >= 4 is 23.5 Å². The third kappa shape index (κ3) is 3.90. The monoisotopic (exact) mass is 386 g/mol. The van der Waals surface area contributed by atoms with Crippen molar-refractivity contribution in [2.45, 2.75) is 64.6 Å². The molecule has 1 aromatic carbocycles. The largest absolute Gasteiger partial charge is 0.325 e. The van der Waals surface area contributed by atoms with Crippen LogP contribution in [0, 0.1) is 0 Å². The Kier molecular flexibility index (Phi) is 6.03. The van der Waals surface area contributed by atoms with Gasteiger partial charge in [-0.2, -0.15) is 0 Å². The first-order valence-electron chi connectivity index (χ1n) is 10.2. The lowest BCUT2D eigenvalue weighted by atomic mass is 9.97. The van der Waals surface area contributed by atoms with Gasteiger partial charge in [0, 0.05) is 12.2 Å².